The molecule has 7 nitrogen and oxygen atoms in total. The molecule has 4 rings (SSSR count). The summed E-state index contributed by atoms with van der Waals surface area (Å²) < 4.78 is 1.59. The summed E-state index contributed by atoms with van der Waals surface area (Å²) in [4.78, 5) is 31.3. The highest BCUT2D eigenvalue weighted by molar-refractivity contribution is 7.27. The molecular weight excluding hydrogens is 435 g/mol. The third kappa shape index (κ3) is 4.75. The number of aromatic hydroxyl groups is 1. The van der Waals surface area contributed by atoms with E-state index < -0.39 is 11.5 Å². The van der Waals surface area contributed by atoms with Crippen molar-refractivity contribution in [3.63, 3.8) is 0 Å². The Morgan fingerprint density at radius 3 is 2.52 bits per heavy atom. The van der Waals surface area contributed by atoms with Crippen molar-refractivity contribution >= 4 is 42.7 Å². The summed E-state index contributed by atoms with van der Waals surface area (Å²) in [5.41, 5.74) is 1.44. The van der Waals surface area contributed by atoms with Gasteiger partial charge in [-0.15, -0.1) is 9.24 Å². The van der Waals surface area contributed by atoms with E-state index in [0.717, 1.165) is 37.2 Å². The van der Waals surface area contributed by atoms with Crippen molar-refractivity contribution < 1.29 is 9.90 Å². The first-order valence-electron chi connectivity index (χ1n) is 11.2. The number of nitrogens with one attached hydrogen (secondary N) is 1. The SMILES string of the molecule is CC(C)Cn1c(=O)c(C(=O)Nc2ccc(P)cc2N2CCN(C)CC2)c(O)c2ccccc21. The number of para-hydroxylation sites is 1. The minimum atomic E-state index is -0.604. The van der Waals surface area contributed by atoms with Crippen LogP contribution >= 0.6 is 9.24 Å². The molecular formula is C25H31N4O3P. The van der Waals surface area contributed by atoms with Crippen LogP contribution in [0.3, 0.4) is 0 Å². The second-order valence-electron chi connectivity index (χ2n) is 9.07. The van der Waals surface area contributed by atoms with E-state index in [-0.39, 0.29) is 17.2 Å². The summed E-state index contributed by atoms with van der Waals surface area (Å²) in [6.07, 6.45) is 0. The molecule has 2 N–H and O–H groups in total. The quantitative estimate of drug-likeness (QED) is 0.566. The third-order valence-corrected chi connectivity index (χ3v) is 6.39. The van der Waals surface area contributed by atoms with E-state index in [4.69, 9.17) is 0 Å². The second-order valence-corrected chi connectivity index (χ2v) is 9.74. The molecule has 174 valence electrons. The Bertz CT molecular complexity index is 1250. The molecule has 0 radical (unpaired) electrons. The summed E-state index contributed by atoms with van der Waals surface area (Å²) in [7, 11) is 4.78. The molecule has 1 fully saturated rings. The molecule has 0 spiro atoms. The first-order valence-corrected chi connectivity index (χ1v) is 11.8. The summed E-state index contributed by atoms with van der Waals surface area (Å²) in [5, 5.41) is 15.3. The molecule has 1 unspecified atom stereocenters. The van der Waals surface area contributed by atoms with Gasteiger partial charge in [-0.05, 0) is 42.5 Å². The fourth-order valence-corrected chi connectivity index (χ4v) is 4.54. The highest BCUT2D eigenvalue weighted by Gasteiger charge is 2.24. The molecule has 0 bridgehead atoms. The number of piperazine rings is 1. The van der Waals surface area contributed by atoms with Crippen LogP contribution in [0.4, 0.5) is 11.4 Å². The minimum Gasteiger partial charge on any atom is -0.506 e. The van der Waals surface area contributed by atoms with Crippen molar-refractivity contribution in [2.24, 2.45) is 5.92 Å². The Labute approximate surface area is 196 Å². The molecule has 33 heavy (non-hydrogen) atoms. The number of amides is 1. The van der Waals surface area contributed by atoms with Crippen LogP contribution in [0.25, 0.3) is 10.9 Å². The van der Waals surface area contributed by atoms with Crippen molar-refractivity contribution in [1.82, 2.24) is 9.47 Å². The number of carbonyl (C=O) groups is 1. The summed E-state index contributed by atoms with van der Waals surface area (Å²) >= 11 is 0. The van der Waals surface area contributed by atoms with Gasteiger partial charge in [-0.2, -0.15) is 0 Å². The van der Waals surface area contributed by atoms with Crippen LogP contribution in [0.1, 0.15) is 24.2 Å². The number of nitrogens with zero attached hydrogens (tertiary/aromatic N) is 3. The van der Waals surface area contributed by atoms with Crippen LogP contribution in [-0.4, -0.2) is 53.7 Å². The lowest BCUT2D eigenvalue weighted by atomic mass is 10.1. The van der Waals surface area contributed by atoms with E-state index in [2.05, 4.69) is 31.4 Å². The molecule has 1 amide bonds. The number of rotatable bonds is 5. The van der Waals surface area contributed by atoms with Crippen LogP contribution in [0.5, 0.6) is 5.75 Å². The Morgan fingerprint density at radius 2 is 1.82 bits per heavy atom. The van der Waals surface area contributed by atoms with E-state index >= 15 is 0 Å². The van der Waals surface area contributed by atoms with Gasteiger partial charge in [0.15, 0.2) is 0 Å². The average molecular weight is 467 g/mol. The van der Waals surface area contributed by atoms with Gasteiger partial charge in [0.2, 0.25) is 0 Å². The third-order valence-electron chi connectivity index (χ3n) is 6.03. The zero-order valence-corrected chi connectivity index (χ0v) is 20.5. The minimum absolute atomic E-state index is 0.199. The number of carbonyl (C=O) groups excluding carboxylic acids is 1. The fourth-order valence-electron chi connectivity index (χ4n) is 4.29. The maximum atomic E-state index is 13.4. The lowest BCUT2D eigenvalue weighted by Gasteiger charge is -2.35. The Morgan fingerprint density at radius 1 is 1.12 bits per heavy atom. The van der Waals surface area contributed by atoms with E-state index in [1.54, 1.807) is 22.8 Å². The van der Waals surface area contributed by atoms with Gasteiger partial charge in [0.05, 0.1) is 16.9 Å². The number of likely N-dealkylation sites (N-methyl/N-ethyl adjacent to an activating group) is 1. The van der Waals surface area contributed by atoms with E-state index in [0.29, 0.717) is 23.1 Å². The molecule has 2 aromatic carbocycles. The maximum Gasteiger partial charge on any atom is 0.267 e. The van der Waals surface area contributed by atoms with E-state index in [9.17, 15) is 14.7 Å². The van der Waals surface area contributed by atoms with Gasteiger partial charge < -0.3 is 24.8 Å². The molecule has 1 aromatic heterocycles. The van der Waals surface area contributed by atoms with Crippen molar-refractivity contribution in [2.75, 3.05) is 43.4 Å². The number of hydrogen-bond donors (Lipinski definition) is 2. The molecule has 2 heterocycles. The van der Waals surface area contributed by atoms with Crippen molar-refractivity contribution in [3.8, 4) is 5.75 Å². The van der Waals surface area contributed by atoms with Crippen LogP contribution in [0.2, 0.25) is 0 Å². The molecule has 0 saturated carbocycles. The standard InChI is InChI=1S/C25H31N4O3P/c1-16(2)15-29-20-7-5-4-6-18(20)23(30)22(25(29)32)24(31)26-19-9-8-17(33)14-21(19)28-12-10-27(3)11-13-28/h4-9,14,16,30H,10-13,15,33H2,1-3H3,(H,26,31). The molecule has 8 heteroatoms. The first kappa shape index (κ1) is 23.3. The van der Waals surface area contributed by atoms with Gasteiger partial charge in [-0.1, -0.05) is 32.0 Å². The number of fused-ring (bicyclic) bond motifs is 1. The van der Waals surface area contributed by atoms with Crippen molar-refractivity contribution in [2.45, 2.75) is 20.4 Å². The molecule has 1 aliphatic heterocycles. The smallest absolute Gasteiger partial charge is 0.267 e. The highest BCUT2D eigenvalue weighted by Crippen LogP contribution is 2.30. The van der Waals surface area contributed by atoms with Gasteiger partial charge in [-0.25, -0.2) is 0 Å². The zero-order valence-electron chi connectivity index (χ0n) is 19.3. The van der Waals surface area contributed by atoms with Gasteiger partial charge in [0.1, 0.15) is 11.3 Å². The predicted molar refractivity (Wildman–Crippen MR) is 138 cm³/mol. The molecule has 1 saturated heterocycles. The molecule has 1 aliphatic rings. The lowest BCUT2D eigenvalue weighted by Crippen LogP contribution is -2.45. The highest BCUT2D eigenvalue weighted by atomic mass is 31.0. The fraction of sp³-hybridized carbons (Fsp3) is 0.360. The Kier molecular flexibility index (Phi) is 6.73. The summed E-state index contributed by atoms with van der Waals surface area (Å²) in [6, 6.07) is 12.9. The Balaban J connectivity index is 1.76. The van der Waals surface area contributed by atoms with Gasteiger partial charge in [-0.3, -0.25) is 9.59 Å². The monoisotopic (exact) mass is 466 g/mol. The molecule has 3 aromatic rings. The normalized spacial score (nSPS) is 14.8. The van der Waals surface area contributed by atoms with Crippen LogP contribution in [0, 0.1) is 5.92 Å². The van der Waals surface area contributed by atoms with E-state index in [1.165, 1.54) is 0 Å². The van der Waals surface area contributed by atoms with Crippen molar-refractivity contribution in [1.29, 1.82) is 0 Å². The zero-order chi connectivity index (χ0) is 23.7. The van der Waals surface area contributed by atoms with Crippen LogP contribution in [0.15, 0.2) is 47.3 Å². The first-order chi connectivity index (χ1) is 15.8. The Hall–Kier alpha value is -2.89. The van der Waals surface area contributed by atoms with Crippen molar-refractivity contribution in [3.05, 3.63) is 58.4 Å². The number of aromatic nitrogens is 1. The summed E-state index contributed by atoms with van der Waals surface area (Å²) in [6.45, 7) is 8.03. The predicted octanol–water partition coefficient (Wildman–Crippen LogP) is 2.87. The number of anilines is 2. The van der Waals surface area contributed by atoms with E-state index in [1.807, 2.05) is 38.1 Å². The number of pyridine rings is 1. The summed E-state index contributed by atoms with van der Waals surface area (Å²) in [5.74, 6) is -0.686. The largest absolute Gasteiger partial charge is 0.506 e. The van der Waals surface area contributed by atoms with Gasteiger partial charge in [0.25, 0.3) is 11.5 Å². The topological polar surface area (TPSA) is 77.8 Å². The maximum absolute atomic E-state index is 13.4. The van der Waals surface area contributed by atoms with Gasteiger partial charge in [0, 0.05) is 38.1 Å². The average Bonchev–Trinajstić information content (AvgIpc) is 2.78. The number of hydrogen-bond acceptors (Lipinski definition) is 5. The second kappa shape index (κ2) is 9.54. The van der Waals surface area contributed by atoms with Gasteiger partial charge >= 0.3 is 0 Å². The lowest BCUT2D eigenvalue weighted by molar-refractivity contribution is 0.102. The van der Waals surface area contributed by atoms with Crippen LogP contribution < -0.4 is 21.1 Å². The number of benzene rings is 2. The molecule has 1 atom stereocenters. The van der Waals surface area contributed by atoms with Crippen LogP contribution in [-0.2, 0) is 6.54 Å². The molecule has 0 aliphatic carbocycles.